The molecule has 0 aliphatic carbocycles. The standard InChI is InChI=1S/C15H14F3N5O5S2/c1-5-2-7(13(26)27)23-11(25)9(12(23)30-5)21-10(24)8(6-3-29-14(19)20-6)22-28-4-15(16,17)18/h2-3,5,9,12H,4H2,1H3,(H2,19,20)(H,21,24)(H,26,27)/b22-8-/t5?,9?,12-/m0/s1. The zero-order valence-corrected chi connectivity index (χ0v) is 16.7. The van der Waals surface area contributed by atoms with Gasteiger partial charge in [0.15, 0.2) is 10.8 Å². The summed E-state index contributed by atoms with van der Waals surface area (Å²) in [6.45, 7) is -0.00909. The van der Waals surface area contributed by atoms with Gasteiger partial charge < -0.3 is 21.0 Å². The minimum Gasteiger partial charge on any atom is -0.477 e. The van der Waals surface area contributed by atoms with Crippen LogP contribution in [0.25, 0.3) is 0 Å². The topological polar surface area (TPSA) is 147 Å². The molecule has 1 aromatic heterocycles. The highest BCUT2D eigenvalue weighted by Crippen LogP contribution is 2.40. The first-order valence-corrected chi connectivity index (χ1v) is 10.0. The van der Waals surface area contributed by atoms with Crippen molar-refractivity contribution in [1.82, 2.24) is 15.2 Å². The molecule has 2 aliphatic rings. The second-order valence-corrected chi connectivity index (χ2v) is 8.54. The number of carboxylic acids is 1. The maximum atomic E-state index is 12.6. The van der Waals surface area contributed by atoms with Crippen LogP contribution in [0.4, 0.5) is 18.3 Å². The number of aliphatic carboxylic acids is 1. The number of thiazole rings is 1. The summed E-state index contributed by atoms with van der Waals surface area (Å²) in [5, 5.41) is 15.3. The summed E-state index contributed by atoms with van der Waals surface area (Å²) >= 11 is 2.17. The molecule has 2 amide bonds. The molecule has 3 heterocycles. The number of nitrogens with zero attached hydrogens (tertiary/aromatic N) is 3. The van der Waals surface area contributed by atoms with E-state index in [1.807, 2.05) is 0 Å². The van der Waals surface area contributed by atoms with E-state index in [1.165, 1.54) is 23.2 Å². The Morgan fingerprint density at radius 3 is 2.73 bits per heavy atom. The first-order chi connectivity index (χ1) is 14.0. The minimum absolute atomic E-state index is 0.0418. The van der Waals surface area contributed by atoms with E-state index in [1.54, 1.807) is 6.92 Å². The SMILES string of the molecule is CC1C=C(C(=O)O)N2C(=O)C(NC(=O)/C(=N\OCC(F)(F)F)c3csc(N)n3)[C@@H]2S1. The van der Waals surface area contributed by atoms with Gasteiger partial charge in [0, 0.05) is 10.6 Å². The number of oxime groups is 1. The Kier molecular flexibility index (Phi) is 5.94. The molecule has 3 rings (SSSR count). The average Bonchev–Trinajstić information content (AvgIpc) is 3.07. The number of fused-ring (bicyclic) bond motifs is 1. The summed E-state index contributed by atoms with van der Waals surface area (Å²) in [6.07, 6.45) is -3.26. The number of hydrogen-bond acceptors (Lipinski definition) is 9. The number of nitrogens with two attached hydrogens (primary N) is 1. The number of amides is 2. The largest absolute Gasteiger partial charge is 0.477 e. The van der Waals surface area contributed by atoms with Crippen LogP contribution in [0.1, 0.15) is 12.6 Å². The second kappa shape index (κ2) is 8.14. The predicted octanol–water partition coefficient (Wildman–Crippen LogP) is 0.765. The molecule has 0 saturated carbocycles. The van der Waals surface area contributed by atoms with Crippen LogP contribution in [-0.2, 0) is 19.2 Å². The Morgan fingerprint density at radius 2 is 2.17 bits per heavy atom. The summed E-state index contributed by atoms with van der Waals surface area (Å²) in [6, 6.07) is -1.10. The molecule has 2 aliphatic heterocycles. The first kappa shape index (κ1) is 21.9. The smallest absolute Gasteiger partial charge is 0.425 e. The highest BCUT2D eigenvalue weighted by molar-refractivity contribution is 8.00. The molecule has 2 unspecified atom stereocenters. The van der Waals surface area contributed by atoms with Gasteiger partial charge in [-0.25, -0.2) is 9.78 Å². The number of anilines is 1. The number of aromatic nitrogens is 1. The predicted molar refractivity (Wildman–Crippen MR) is 100 cm³/mol. The van der Waals surface area contributed by atoms with E-state index in [4.69, 9.17) is 5.73 Å². The van der Waals surface area contributed by atoms with Gasteiger partial charge in [-0.15, -0.1) is 23.1 Å². The van der Waals surface area contributed by atoms with Crippen molar-refractivity contribution >= 4 is 51.7 Å². The number of carbonyl (C=O) groups is 3. The number of hydrogen-bond donors (Lipinski definition) is 3. The van der Waals surface area contributed by atoms with Crippen molar-refractivity contribution < 1.29 is 37.5 Å². The number of halogens is 3. The monoisotopic (exact) mass is 465 g/mol. The Balaban J connectivity index is 1.78. The van der Waals surface area contributed by atoms with Crippen LogP contribution in [-0.4, -0.2) is 67.9 Å². The number of nitrogen functional groups attached to an aromatic ring is 1. The molecule has 0 radical (unpaired) electrons. The van der Waals surface area contributed by atoms with Crippen molar-refractivity contribution in [3.05, 3.63) is 22.8 Å². The van der Waals surface area contributed by atoms with Crippen molar-refractivity contribution in [3.63, 3.8) is 0 Å². The summed E-state index contributed by atoms with van der Waals surface area (Å²) in [7, 11) is 0. The van der Waals surface area contributed by atoms with E-state index >= 15 is 0 Å². The van der Waals surface area contributed by atoms with Crippen LogP contribution in [0, 0.1) is 0 Å². The molecular formula is C15H14F3N5O5S2. The van der Waals surface area contributed by atoms with E-state index in [-0.39, 0.29) is 21.8 Å². The Hall–Kier alpha value is -2.81. The second-order valence-electron chi connectivity index (χ2n) is 6.15. The molecule has 4 N–H and O–H groups in total. The van der Waals surface area contributed by atoms with Crippen molar-refractivity contribution in [2.24, 2.45) is 5.16 Å². The summed E-state index contributed by atoms with van der Waals surface area (Å²) in [5.74, 6) is -2.97. The van der Waals surface area contributed by atoms with Crippen LogP contribution in [0.2, 0.25) is 0 Å². The third-order valence-corrected chi connectivity index (χ3v) is 5.92. The van der Waals surface area contributed by atoms with Gasteiger partial charge in [-0.05, 0) is 13.0 Å². The Labute approximate surface area is 174 Å². The molecule has 3 atom stereocenters. The van der Waals surface area contributed by atoms with E-state index in [0.29, 0.717) is 0 Å². The van der Waals surface area contributed by atoms with Gasteiger partial charge in [-0.2, -0.15) is 13.2 Å². The van der Waals surface area contributed by atoms with Gasteiger partial charge in [0.05, 0.1) is 0 Å². The summed E-state index contributed by atoms with van der Waals surface area (Å²) in [5.41, 5.74) is 4.57. The molecule has 30 heavy (non-hydrogen) atoms. The summed E-state index contributed by atoms with van der Waals surface area (Å²) in [4.78, 5) is 45.4. The van der Waals surface area contributed by atoms with Gasteiger partial charge in [-0.1, -0.05) is 5.16 Å². The zero-order valence-electron chi connectivity index (χ0n) is 15.0. The molecule has 1 saturated heterocycles. The number of nitrogens with one attached hydrogen (secondary N) is 1. The average molecular weight is 465 g/mol. The Bertz CT molecular complexity index is 947. The van der Waals surface area contributed by atoms with E-state index in [0.717, 1.165) is 16.2 Å². The molecule has 15 heteroatoms. The molecule has 10 nitrogen and oxygen atoms in total. The van der Waals surface area contributed by atoms with Gasteiger partial charge in [0.2, 0.25) is 6.61 Å². The van der Waals surface area contributed by atoms with E-state index < -0.39 is 47.7 Å². The van der Waals surface area contributed by atoms with Crippen LogP contribution in [0.3, 0.4) is 0 Å². The maximum absolute atomic E-state index is 12.6. The third kappa shape index (κ3) is 4.51. The maximum Gasteiger partial charge on any atom is 0.425 e. The first-order valence-electron chi connectivity index (χ1n) is 8.20. The van der Waals surface area contributed by atoms with E-state index in [2.05, 4.69) is 20.3 Å². The van der Waals surface area contributed by atoms with Crippen LogP contribution in [0.15, 0.2) is 22.3 Å². The van der Waals surface area contributed by atoms with Crippen molar-refractivity contribution in [1.29, 1.82) is 0 Å². The lowest BCUT2D eigenvalue weighted by Crippen LogP contribution is -2.71. The lowest BCUT2D eigenvalue weighted by atomic mass is 10.0. The number of carboxylic acid groups (broad SMARTS) is 1. The highest BCUT2D eigenvalue weighted by atomic mass is 32.2. The lowest BCUT2D eigenvalue weighted by Gasteiger charge is -2.49. The van der Waals surface area contributed by atoms with E-state index in [9.17, 15) is 32.7 Å². The Morgan fingerprint density at radius 1 is 1.47 bits per heavy atom. The fourth-order valence-corrected chi connectivity index (χ4v) is 4.58. The van der Waals surface area contributed by atoms with Gasteiger partial charge in [0.1, 0.15) is 22.8 Å². The molecule has 0 bridgehead atoms. The van der Waals surface area contributed by atoms with Crippen molar-refractivity contribution in [2.45, 2.75) is 29.8 Å². The third-order valence-electron chi connectivity index (χ3n) is 3.92. The quantitative estimate of drug-likeness (QED) is 0.317. The van der Waals surface area contributed by atoms with Crippen LogP contribution in [0.5, 0.6) is 0 Å². The van der Waals surface area contributed by atoms with Gasteiger partial charge in [0.25, 0.3) is 11.8 Å². The fraction of sp³-hybridized carbons (Fsp3) is 0.400. The fourth-order valence-electron chi connectivity index (χ4n) is 2.71. The molecule has 1 fully saturated rings. The zero-order chi connectivity index (χ0) is 22.2. The number of rotatable bonds is 6. The highest BCUT2D eigenvalue weighted by Gasteiger charge is 2.54. The van der Waals surface area contributed by atoms with Crippen LogP contribution < -0.4 is 11.1 Å². The van der Waals surface area contributed by atoms with Gasteiger partial charge >= 0.3 is 12.1 Å². The number of β-lactam (4-membered cyclic amide) rings is 1. The normalized spacial score (nSPS) is 23.9. The molecule has 0 aromatic carbocycles. The van der Waals surface area contributed by atoms with Crippen molar-refractivity contribution in [2.75, 3.05) is 12.3 Å². The molecular weight excluding hydrogens is 451 g/mol. The molecule has 1 aromatic rings. The van der Waals surface area contributed by atoms with Crippen molar-refractivity contribution in [3.8, 4) is 0 Å². The number of carbonyl (C=O) groups excluding carboxylic acids is 2. The summed E-state index contributed by atoms with van der Waals surface area (Å²) < 4.78 is 37.0. The number of alkyl halides is 3. The van der Waals surface area contributed by atoms with Crippen LogP contribution >= 0.6 is 23.1 Å². The minimum atomic E-state index is -4.68. The molecule has 162 valence electrons. The number of thioether (sulfide) groups is 1. The molecule has 0 spiro atoms. The van der Waals surface area contributed by atoms with Gasteiger partial charge in [-0.3, -0.25) is 14.5 Å². The lowest BCUT2D eigenvalue weighted by molar-refractivity contribution is -0.174.